The maximum absolute atomic E-state index is 12.5. The molecule has 0 aliphatic carbocycles. The first kappa shape index (κ1) is 16.5. The Kier molecular flexibility index (Phi) is 4.57. The summed E-state index contributed by atoms with van der Waals surface area (Å²) < 4.78 is 16.6. The minimum absolute atomic E-state index is 0.138. The highest BCUT2D eigenvalue weighted by Crippen LogP contribution is 2.27. The van der Waals surface area contributed by atoms with Gasteiger partial charge in [0.25, 0.3) is 5.91 Å². The molecular formula is C18H22N2O4. The highest BCUT2D eigenvalue weighted by Gasteiger charge is 2.41. The summed E-state index contributed by atoms with van der Waals surface area (Å²) in [5, 5.41) is 3.80. The fourth-order valence-corrected chi connectivity index (χ4v) is 2.91. The summed E-state index contributed by atoms with van der Waals surface area (Å²) >= 11 is 0. The Hall–Kier alpha value is -2.34. The summed E-state index contributed by atoms with van der Waals surface area (Å²) in [6.45, 7) is 5.27. The number of aromatic nitrogens is 1. The molecule has 0 saturated carbocycles. The van der Waals surface area contributed by atoms with E-state index in [1.54, 1.807) is 25.0 Å². The van der Waals surface area contributed by atoms with Gasteiger partial charge in [-0.15, -0.1) is 0 Å². The van der Waals surface area contributed by atoms with E-state index in [9.17, 15) is 4.79 Å². The number of hydrogen-bond acceptors (Lipinski definition) is 5. The molecular weight excluding hydrogens is 308 g/mol. The van der Waals surface area contributed by atoms with E-state index in [1.807, 2.05) is 31.2 Å². The number of methoxy groups -OCH3 is 1. The van der Waals surface area contributed by atoms with Crippen LogP contribution in [0.4, 0.5) is 0 Å². The second-order valence-electron chi connectivity index (χ2n) is 6.29. The topological polar surface area (TPSA) is 64.8 Å². The van der Waals surface area contributed by atoms with E-state index in [0.717, 1.165) is 17.7 Å². The Bertz CT molecular complexity index is 727. The molecule has 0 unspecified atom stereocenters. The van der Waals surface area contributed by atoms with Gasteiger partial charge >= 0.3 is 0 Å². The first-order valence-electron chi connectivity index (χ1n) is 7.99. The van der Waals surface area contributed by atoms with Crippen LogP contribution in [0.25, 0.3) is 0 Å². The summed E-state index contributed by atoms with van der Waals surface area (Å²) in [6, 6.07) is 9.54. The number of benzene rings is 1. The van der Waals surface area contributed by atoms with E-state index >= 15 is 0 Å². The molecule has 1 aromatic carbocycles. The maximum atomic E-state index is 12.5. The molecule has 0 bridgehead atoms. The second kappa shape index (κ2) is 6.65. The predicted octanol–water partition coefficient (Wildman–Crippen LogP) is 2.60. The number of rotatable bonds is 5. The second-order valence-corrected chi connectivity index (χ2v) is 6.29. The van der Waals surface area contributed by atoms with Crippen molar-refractivity contribution >= 4 is 5.91 Å². The normalized spacial score (nSPS) is 20.4. The zero-order chi connectivity index (χ0) is 17.2. The summed E-state index contributed by atoms with van der Waals surface area (Å²) in [5.41, 5.74) is 0.973. The van der Waals surface area contributed by atoms with Crippen molar-refractivity contribution in [1.82, 2.24) is 10.1 Å². The lowest BCUT2D eigenvalue weighted by atomic mass is 10.0. The van der Waals surface area contributed by atoms with Crippen molar-refractivity contribution in [2.45, 2.75) is 25.9 Å². The minimum atomic E-state index is -0.502. The molecule has 128 valence electrons. The molecule has 24 heavy (non-hydrogen) atoms. The molecule has 0 spiro atoms. The Morgan fingerprint density at radius 3 is 2.88 bits per heavy atom. The number of hydrogen-bond donors (Lipinski definition) is 0. The Morgan fingerprint density at radius 2 is 2.21 bits per heavy atom. The first-order valence-corrected chi connectivity index (χ1v) is 7.99. The third kappa shape index (κ3) is 3.43. The van der Waals surface area contributed by atoms with Crippen molar-refractivity contribution in [2.75, 3.05) is 26.8 Å². The van der Waals surface area contributed by atoms with E-state index in [1.165, 1.54) is 0 Å². The Balaban J connectivity index is 1.65. The highest BCUT2D eigenvalue weighted by atomic mass is 16.5. The van der Waals surface area contributed by atoms with Gasteiger partial charge in [0, 0.05) is 19.7 Å². The number of aryl methyl sites for hydroxylation is 2. The maximum Gasteiger partial charge on any atom is 0.276 e. The van der Waals surface area contributed by atoms with Crippen LogP contribution in [0.5, 0.6) is 5.75 Å². The largest absolute Gasteiger partial charge is 0.491 e. The average Bonchev–Trinajstić information content (AvgIpc) is 3.20. The Labute approximate surface area is 141 Å². The molecule has 1 amide bonds. The van der Waals surface area contributed by atoms with Gasteiger partial charge in [0.15, 0.2) is 5.69 Å². The van der Waals surface area contributed by atoms with E-state index in [0.29, 0.717) is 31.2 Å². The lowest BCUT2D eigenvalue weighted by molar-refractivity contribution is -0.0343. The summed E-state index contributed by atoms with van der Waals surface area (Å²) in [5.74, 6) is 1.29. The van der Waals surface area contributed by atoms with Gasteiger partial charge < -0.3 is 18.9 Å². The van der Waals surface area contributed by atoms with Crippen LogP contribution in [-0.2, 0) is 4.74 Å². The molecule has 2 heterocycles. The number of ether oxygens (including phenoxy) is 2. The van der Waals surface area contributed by atoms with Gasteiger partial charge in [-0.3, -0.25) is 4.79 Å². The van der Waals surface area contributed by atoms with Gasteiger partial charge in [0.1, 0.15) is 23.7 Å². The lowest BCUT2D eigenvalue weighted by Crippen LogP contribution is -2.42. The molecule has 3 rings (SSSR count). The fourth-order valence-electron chi connectivity index (χ4n) is 2.91. The molecule has 1 fully saturated rings. The monoisotopic (exact) mass is 330 g/mol. The van der Waals surface area contributed by atoms with E-state index in [2.05, 4.69) is 5.16 Å². The third-order valence-corrected chi connectivity index (χ3v) is 4.38. The van der Waals surface area contributed by atoms with Crippen LogP contribution in [0, 0.1) is 13.8 Å². The van der Waals surface area contributed by atoms with Crippen LogP contribution in [0.3, 0.4) is 0 Å². The van der Waals surface area contributed by atoms with Gasteiger partial charge in [-0.25, -0.2) is 0 Å². The molecule has 6 nitrogen and oxygen atoms in total. The van der Waals surface area contributed by atoms with Crippen LogP contribution in [0.15, 0.2) is 34.9 Å². The number of likely N-dealkylation sites (tertiary alicyclic amines) is 1. The van der Waals surface area contributed by atoms with Crippen molar-refractivity contribution < 1.29 is 18.8 Å². The SMILES string of the molecule is CO[C@]1(COc2cccc(C)c2)CCN(C(=O)c2cc(C)on2)C1. The molecule has 1 saturated heterocycles. The van der Waals surface area contributed by atoms with Crippen molar-refractivity contribution in [1.29, 1.82) is 0 Å². The molecule has 1 aliphatic heterocycles. The minimum Gasteiger partial charge on any atom is -0.491 e. The van der Waals surface area contributed by atoms with Crippen LogP contribution in [0.2, 0.25) is 0 Å². The standard InChI is InChI=1S/C18H22N2O4/c1-13-5-4-6-15(9-13)23-12-18(22-3)7-8-20(11-18)17(21)16-10-14(2)24-19-16/h4-6,9-10H,7-8,11-12H2,1-3H3/t18-/m1/s1. The zero-order valence-electron chi connectivity index (χ0n) is 14.2. The first-order chi connectivity index (χ1) is 11.5. The number of nitrogens with zero attached hydrogens (tertiary/aromatic N) is 2. The molecule has 1 aromatic heterocycles. The fraction of sp³-hybridized carbons (Fsp3) is 0.444. The Morgan fingerprint density at radius 1 is 1.38 bits per heavy atom. The molecule has 0 N–H and O–H groups in total. The van der Waals surface area contributed by atoms with Crippen LogP contribution in [-0.4, -0.2) is 48.4 Å². The van der Waals surface area contributed by atoms with Crippen molar-refractivity contribution in [2.24, 2.45) is 0 Å². The quantitative estimate of drug-likeness (QED) is 0.843. The van der Waals surface area contributed by atoms with E-state index in [-0.39, 0.29) is 5.91 Å². The summed E-state index contributed by atoms with van der Waals surface area (Å²) in [6.07, 6.45) is 0.720. The average molecular weight is 330 g/mol. The van der Waals surface area contributed by atoms with Crippen LogP contribution < -0.4 is 4.74 Å². The smallest absolute Gasteiger partial charge is 0.276 e. The van der Waals surface area contributed by atoms with Gasteiger partial charge in [-0.2, -0.15) is 0 Å². The van der Waals surface area contributed by atoms with Gasteiger partial charge in [-0.05, 0) is 38.0 Å². The van der Waals surface area contributed by atoms with Crippen LogP contribution in [0.1, 0.15) is 28.2 Å². The lowest BCUT2D eigenvalue weighted by Gasteiger charge is -2.27. The van der Waals surface area contributed by atoms with Crippen molar-refractivity contribution in [3.63, 3.8) is 0 Å². The van der Waals surface area contributed by atoms with Gasteiger partial charge in [0.2, 0.25) is 0 Å². The molecule has 1 aliphatic rings. The van der Waals surface area contributed by atoms with Gasteiger partial charge in [-0.1, -0.05) is 17.3 Å². The predicted molar refractivity (Wildman–Crippen MR) is 88.2 cm³/mol. The van der Waals surface area contributed by atoms with Crippen molar-refractivity contribution in [3.8, 4) is 5.75 Å². The summed E-state index contributed by atoms with van der Waals surface area (Å²) in [7, 11) is 1.66. The van der Waals surface area contributed by atoms with Crippen molar-refractivity contribution in [3.05, 3.63) is 47.3 Å². The number of carbonyl (C=O) groups is 1. The van der Waals surface area contributed by atoms with Gasteiger partial charge in [0.05, 0.1) is 6.54 Å². The molecule has 6 heteroatoms. The molecule has 0 radical (unpaired) electrons. The van der Waals surface area contributed by atoms with Crippen LogP contribution >= 0.6 is 0 Å². The molecule has 2 aromatic rings. The third-order valence-electron chi connectivity index (χ3n) is 4.38. The number of carbonyl (C=O) groups excluding carboxylic acids is 1. The van der Waals surface area contributed by atoms with E-state index in [4.69, 9.17) is 14.0 Å². The molecule has 1 atom stereocenters. The highest BCUT2D eigenvalue weighted by molar-refractivity contribution is 5.92. The number of amides is 1. The zero-order valence-corrected chi connectivity index (χ0v) is 14.2. The van der Waals surface area contributed by atoms with E-state index < -0.39 is 5.60 Å². The summed E-state index contributed by atoms with van der Waals surface area (Å²) in [4.78, 5) is 14.2.